The zero-order chi connectivity index (χ0) is 44.3. The van der Waals surface area contributed by atoms with Crippen LogP contribution in [0.1, 0.15) is 98.5 Å². The van der Waals surface area contributed by atoms with Crippen LogP contribution in [0.15, 0.2) is 55.2 Å². The van der Waals surface area contributed by atoms with Crippen molar-refractivity contribution in [2.24, 2.45) is 0 Å². The number of nitrogens with one attached hydrogen (secondary N) is 1. The number of halogens is 3. The van der Waals surface area contributed by atoms with Crippen molar-refractivity contribution in [3.8, 4) is 6.07 Å². The van der Waals surface area contributed by atoms with Crippen LogP contribution >= 0.6 is 16.1 Å². The Hall–Kier alpha value is -2.77. The lowest BCUT2D eigenvalue weighted by Gasteiger charge is -2.35. The van der Waals surface area contributed by atoms with E-state index in [0.717, 1.165) is 36.2 Å². The molecule has 0 saturated carbocycles. The molecule has 2 unspecified atom stereocenters. The minimum absolute atomic E-state index is 0.0935. The molecule has 13 nitrogen and oxygen atoms in total. The number of nitrogens with zero attached hydrogens (tertiary/aromatic N) is 3. The van der Waals surface area contributed by atoms with Gasteiger partial charge < -0.3 is 23.4 Å². The summed E-state index contributed by atoms with van der Waals surface area (Å²) in [4.78, 5) is 11.2. The monoisotopic (exact) mass is 893 g/mol. The van der Waals surface area contributed by atoms with Crippen molar-refractivity contribution >= 4 is 48.9 Å². The van der Waals surface area contributed by atoms with Crippen LogP contribution in [-0.2, 0) is 43.0 Å². The molecule has 19 heteroatoms. The number of hydrogen-bond acceptors (Lipinski definition) is 10. The third-order valence-corrected chi connectivity index (χ3v) is 14.0. The average molecular weight is 894 g/mol. The van der Waals surface area contributed by atoms with Crippen molar-refractivity contribution in [1.82, 2.24) is 9.99 Å². The van der Waals surface area contributed by atoms with Crippen LogP contribution in [0.3, 0.4) is 0 Å². The van der Waals surface area contributed by atoms with Gasteiger partial charge in [0.05, 0.1) is 55.4 Å². The topological polar surface area (TPSA) is 168 Å². The van der Waals surface area contributed by atoms with Gasteiger partial charge in [-0.15, -0.1) is 0 Å². The Morgan fingerprint density at radius 2 is 1.61 bits per heavy atom. The molecular weight excluding hydrogens is 831 g/mol. The van der Waals surface area contributed by atoms with Crippen molar-refractivity contribution in [3.05, 3.63) is 60.7 Å². The molecule has 1 heterocycles. The quantitative estimate of drug-likeness (QED) is 0.0259. The Morgan fingerprint density at radius 3 is 2.19 bits per heavy atom. The standard InChI is InChI=1S/C40H61F3N4O9P2S/c1-8-9-10-13-20-37-39(6,7)35-31-34(21-22-36(35)46(37)25-19-30-59(50,51)52)58(49,56-29-17-14-24-45-38(48)40(41,42)43)55-28-16-12-11-15-26-53-57(54-27-18-23-44)47(32(2)3)33(4)5/h8-10,13,20-22,31-33H,1,11-12,14-19,24-30H2,2-7H3,(H-,45,48,50,51,52)/p+1/b10-9+,20-13+. The molecule has 0 aromatic heterocycles. The molecule has 1 aromatic carbocycles. The lowest BCUT2D eigenvalue weighted by atomic mass is 9.81. The number of benzene rings is 1. The Kier molecular flexibility index (Phi) is 22.4. The van der Waals surface area contributed by atoms with Crippen LogP contribution in [0.25, 0.3) is 0 Å². The summed E-state index contributed by atoms with van der Waals surface area (Å²) in [5, 5.41) is 11.1. The van der Waals surface area contributed by atoms with Gasteiger partial charge in [-0.2, -0.15) is 31.4 Å². The Labute approximate surface area is 350 Å². The summed E-state index contributed by atoms with van der Waals surface area (Å²) >= 11 is 0. The van der Waals surface area contributed by atoms with E-state index in [0.29, 0.717) is 13.0 Å². The zero-order valence-electron chi connectivity index (χ0n) is 35.1. The van der Waals surface area contributed by atoms with Gasteiger partial charge >= 0.3 is 19.7 Å². The minimum Gasteiger partial charge on any atom is -0.348 e. The fourth-order valence-electron chi connectivity index (χ4n) is 6.37. The predicted molar refractivity (Wildman–Crippen MR) is 226 cm³/mol. The number of unbranched alkanes of at least 4 members (excludes halogenated alkanes) is 4. The first-order valence-corrected chi connectivity index (χ1v) is 24.1. The summed E-state index contributed by atoms with van der Waals surface area (Å²) in [5.74, 6) is -2.46. The Morgan fingerprint density at radius 1 is 1.00 bits per heavy atom. The molecule has 0 saturated heterocycles. The largest absolute Gasteiger partial charge is 0.471 e. The maximum absolute atomic E-state index is 14.6. The van der Waals surface area contributed by atoms with Crippen LogP contribution in [0.2, 0.25) is 0 Å². The summed E-state index contributed by atoms with van der Waals surface area (Å²) in [6.45, 7) is 16.7. The number of nitriles is 1. The maximum atomic E-state index is 14.6. The van der Waals surface area contributed by atoms with Gasteiger partial charge in [-0.25, -0.2) is 4.67 Å². The molecular formula is C40H62F3N4O9P2S+. The number of fused-ring (bicyclic) bond motifs is 1. The second kappa shape index (κ2) is 25.2. The van der Waals surface area contributed by atoms with E-state index in [1.54, 1.807) is 36.4 Å². The summed E-state index contributed by atoms with van der Waals surface area (Å²) in [5.41, 5.74) is 1.70. The van der Waals surface area contributed by atoms with Gasteiger partial charge in [0.2, 0.25) is 5.69 Å². The average Bonchev–Trinajstić information content (AvgIpc) is 3.35. The smallest absolute Gasteiger partial charge is 0.348 e. The number of alkyl halides is 3. The molecule has 0 bridgehead atoms. The van der Waals surface area contributed by atoms with Crippen LogP contribution in [-0.4, -0.2) is 97.4 Å². The summed E-state index contributed by atoms with van der Waals surface area (Å²) in [6.07, 6.45) is 7.48. The molecule has 2 rings (SSSR count). The van der Waals surface area contributed by atoms with Crippen LogP contribution in [0.5, 0.6) is 0 Å². The van der Waals surface area contributed by atoms with E-state index in [2.05, 4.69) is 45.0 Å². The second-order valence-electron chi connectivity index (χ2n) is 14.9. The van der Waals surface area contributed by atoms with Crippen LogP contribution < -0.4 is 10.6 Å². The van der Waals surface area contributed by atoms with E-state index in [4.69, 9.17) is 23.4 Å². The number of carbonyl (C=O) groups is 1. The highest BCUT2D eigenvalue weighted by Gasteiger charge is 2.45. The van der Waals surface area contributed by atoms with E-state index < -0.39 is 49.5 Å². The maximum Gasteiger partial charge on any atom is 0.471 e. The molecule has 0 aliphatic carbocycles. The van der Waals surface area contributed by atoms with Crippen molar-refractivity contribution in [1.29, 1.82) is 5.26 Å². The Balaban J connectivity index is 2.23. The number of carbonyl (C=O) groups excluding carboxylic acids is 1. The molecule has 1 aliphatic rings. The Bertz CT molecular complexity index is 1810. The number of rotatable bonds is 29. The van der Waals surface area contributed by atoms with Gasteiger partial charge in [-0.3, -0.25) is 13.9 Å². The molecule has 2 atom stereocenters. The van der Waals surface area contributed by atoms with Crippen molar-refractivity contribution in [2.75, 3.05) is 45.3 Å². The first kappa shape index (κ1) is 52.4. The van der Waals surface area contributed by atoms with Crippen molar-refractivity contribution < 1.29 is 58.2 Å². The highest BCUT2D eigenvalue weighted by molar-refractivity contribution is 7.85. The fourth-order valence-corrected chi connectivity index (χ4v) is 10.1. The fraction of sp³-hybridized carbons (Fsp3) is 0.625. The molecule has 332 valence electrons. The summed E-state index contributed by atoms with van der Waals surface area (Å²) in [6, 6.07) is 7.61. The summed E-state index contributed by atoms with van der Waals surface area (Å²) < 4.78 is 113. The highest BCUT2D eigenvalue weighted by Crippen LogP contribution is 2.50. The number of amides is 1. The second-order valence-corrected chi connectivity index (χ2v) is 20.0. The van der Waals surface area contributed by atoms with E-state index in [1.165, 1.54) is 0 Å². The van der Waals surface area contributed by atoms with Gasteiger partial charge in [0.25, 0.3) is 18.6 Å². The lowest BCUT2D eigenvalue weighted by molar-refractivity contribution is -0.437. The SMILES string of the molecule is C=C/C=C/C=C/C1=[N+](CCCS(=O)(=O)O)c2ccc(P(=O)(OCCCCCCOP(OCCC#N)N(C(C)C)C(C)C)OCCCCNC(=O)C(F)(F)F)cc2C1(C)C. The van der Waals surface area contributed by atoms with Gasteiger partial charge in [0, 0.05) is 42.8 Å². The minimum atomic E-state index is -4.99. The summed E-state index contributed by atoms with van der Waals surface area (Å²) in [7, 11) is -9.53. The van der Waals surface area contributed by atoms with E-state index in [-0.39, 0.29) is 76.0 Å². The number of allylic oxidation sites excluding steroid dienone is 5. The lowest BCUT2D eigenvalue weighted by Crippen LogP contribution is -2.37. The number of hydrogen-bond donors (Lipinski definition) is 2. The molecule has 0 fully saturated rings. The third-order valence-electron chi connectivity index (χ3n) is 9.13. The molecule has 1 aromatic rings. The van der Waals surface area contributed by atoms with Gasteiger partial charge in [0.15, 0.2) is 5.71 Å². The first-order valence-electron chi connectivity index (χ1n) is 19.9. The normalized spacial score (nSPS) is 16.0. The van der Waals surface area contributed by atoms with Crippen molar-refractivity contribution in [2.45, 2.75) is 117 Å². The third kappa shape index (κ3) is 17.6. The predicted octanol–water partition coefficient (Wildman–Crippen LogP) is 8.80. The van der Waals surface area contributed by atoms with Gasteiger partial charge in [-0.05, 0) is 79.4 Å². The molecule has 2 N–H and O–H groups in total. The first-order chi connectivity index (χ1) is 27.7. The molecule has 0 radical (unpaired) electrons. The molecule has 0 spiro atoms. The van der Waals surface area contributed by atoms with Gasteiger partial charge in [0.1, 0.15) is 6.54 Å². The van der Waals surface area contributed by atoms with Gasteiger partial charge in [-0.1, -0.05) is 43.7 Å². The van der Waals surface area contributed by atoms with Crippen molar-refractivity contribution in [3.63, 3.8) is 0 Å². The molecule has 59 heavy (non-hydrogen) atoms. The highest BCUT2D eigenvalue weighted by atomic mass is 32.2. The van der Waals surface area contributed by atoms with E-state index in [1.807, 2.05) is 35.9 Å². The molecule has 1 amide bonds. The van der Waals surface area contributed by atoms with E-state index >= 15 is 0 Å². The van der Waals surface area contributed by atoms with Crippen LogP contribution in [0, 0.1) is 11.3 Å². The van der Waals surface area contributed by atoms with Crippen LogP contribution in [0.4, 0.5) is 18.9 Å². The van der Waals surface area contributed by atoms with E-state index in [9.17, 15) is 35.5 Å². The molecule has 1 aliphatic heterocycles. The zero-order valence-corrected chi connectivity index (χ0v) is 37.7.